The van der Waals surface area contributed by atoms with Crippen LogP contribution < -0.4 is 4.74 Å². The van der Waals surface area contributed by atoms with Gasteiger partial charge in [0.15, 0.2) is 5.69 Å². The van der Waals surface area contributed by atoms with Crippen LogP contribution in [-0.4, -0.2) is 29.1 Å². The second-order valence-corrected chi connectivity index (χ2v) is 4.33. The highest BCUT2D eigenvalue weighted by molar-refractivity contribution is 5.90. The third-order valence-corrected chi connectivity index (χ3v) is 3.13. The largest absolute Gasteiger partial charge is 0.497 e. The molecule has 5 nitrogen and oxygen atoms in total. The third kappa shape index (κ3) is 1.97. The van der Waals surface area contributed by atoms with Crippen molar-refractivity contribution in [2.75, 3.05) is 13.7 Å². The van der Waals surface area contributed by atoms with Crippen LogP contribution in [0.25, 0.3) is 16.6 Å². The minimum atomic E-state index is -0.410. The fourth-order valence-corrected chi connectivity index (χ4v) is 2.17. The molecule has 2 heterocycles. The second-order valence-electron chi connectivity index (χ2n) is 4.33. The summed E-state index contributed by atoms with van der Waals surface area (Å²) < 4.78 is 12.1. The van der Waals surface area contributed by atoms with Gasteiger partial charge >= 0.3 is 5.97 Å². The van der Waals surface area contributed by atoms with Gasteiger partial charge in [0.25, 0.3) is 0 Å². The normalized spacial score (nSPS) is 10.9. The Morgan fingerprint density at radius 1 is 1.30 bits per heavy atom. The van der Waals surface area contributed by atoms with Gasteiger partial charge in [-0.1, -0.05) is 0 Å². The van der Waals surface area contributed by atoms with Gasteiger partial charge in [0.1, 0.15) is 11.4 Å². The van der Waals surface area contributed by atoms with E-state index in [2.05, 4.69) is 4.98 Å². The lowest BCUT2D eigenvalue weighted by molar-refractivity contribution is 0.0520. The van der Waals surface area contributed by atoms with Crippen molar-refractivity contribution in [1.29, 1.82) is 0 Å². The van der Waals surface area contributed by atoms with Gasteiger partial charge in [-0.2, -0.15) is 0 Å². The van der Waals surface area contributed by atoms with Crippen LogP contribution in [0.15, 0.2) is 36.5 Å². The monoisotopic (exact) mass is 270 g/mol. The molecule has 0 aliphatic carbocycles. The summed E-state index contributed by atoms with van der Waals surface area (Å²) in [4.78, 5) is 16.0. The number of benzene rings is 1. The molecule has 102 valence electrons. The number of aromatic nitrogens is 2. The highest BCUT2D eigenvalue weighted by Crippen LogP contribution is 2.22. The number of imidazole rings is 1. The molecule has 2 aromatic heterocycles. The number of hydrogen-bond acceptors (Lipinski definition) is 4. The molecule has 3 rings (SSSR count). The van der Waals surface area contributed by atoms with Crippen molar-refractivity contribution >= 4 is 22.5 Å². The van der Waals surface area contributed by atoms with Gasteiger partial charge in [-0.3, -0.25) is 4.40 Å². The van der Waals surface area contributed by atoms with Crippen molar-refractivity contribution in [2.24, 2.45) is 0 Å². The molecule has 0 amide bonds. The zero-order valence-corrected chi connectivity index (χ0v) is 11.3. The zero-order valence-electron chi connectivity index (χ0n) is 11.3. The van der Waals surface area contributed by atoms with Gasteiger partial charge in [-0.05, 0) is 36.6 Å². The van der Waals surface area contributed by atoms with Crippen molar-refractivity contribution in [1.82, 2.24) is 9.38 Å². The number of rotatable bonds is 3. The van der Waals surface area contributed by atoms with Gasteiger partial charge in [0, 0.05) is 12.3 Å². The lowest BCUT2D eigenvalue weighted by Crippen LogP contribution is -2.04. The standard InChI is InChI=1S/C15H14N2O3/c1-3-20-15(18)12-9-17-13-8-11(19-2)6-4-10(13)5-7-14(17)16-12/h4-9H,3H2,1-2H3. The smallest absolute Gasteiger partial charge is 0.358 e. The number of carbonyl (C=O) groups excluding carboxylic acids is 1. The molecule has 1 aromatic carbocycles. The average Bonchev–Trinajstić information content (AvgIpc) is 2.91. The molecule has 0 N–H and O–H groups in total. The van der Waals surface area contributed by atoms with E-state index in [4.69, 9.17) is 9.47 Å². The Hall–Kier alpha value is -2.56. The maximum atomic E-state index is 11.8. The predicted octanol–water partition coefficient (Wildman–Crippen LogP) is 2.67. The van der Waals surface area contributed by atoms with Gasteiger partial charge in [-0.15, -0.1) is 0 Å². The Balaban J connectivity index is 2.22. The molecule has 0 unspecified atom stereocenters. The Bertz CT molecular complexity index is 792. The molecule has 0 spiro atoms. The lowest BCUT2D eigenvalue weighted by Gasteiger charge is -2.04. The van der Waals surface area contributed by atoms with Crippen LogP contribution in [0.1, 0.15) is 17.4 Å². The molecule has 0 aliphatic rings. The number of ether oxygens (including phenoxy) is 2. The van der Waals surface area contributed by atoms with Crippen LogP contribution in [0.4, 0.5) is 0 Å². The average molecular weight is 270 g/mol. The number of esters is 1. The summed E-state index contributed by atoms with van der Waals surface area (Å²) in [6.45, 7) is 2.11. The number of pyridine rings is 1. The number of nitrogens with zero attached hydrogens (tertiary/aromatic N) is 2. The number of hydrogen-bond donors (Lipinski definition) is 0. The van der Waals surface area contributed by atoms with E-state index >= 15 is 0 Å². The van der Waals surface area contributed by atoms with Gasteiger partial charge in [0.2, 0.25) is 0 Å². The van der Waals surface area contributed by atoms with Crippen molar-refractivity contribution in [2.45, 2.75) is 6.92 Å². The summed E-state index contributed by atoms with van der Waals surface area (Å²) in [6, 6.07) is 9.62. The first kappa shape index (κ1) is 12.5. The van der Waals surface area contributed by atoms with Crippen LogP contribution in [0.3, 0.4) is 0 Å². The summed E-state index contributed by atoms with van der Waals surface area (Å²) in [5.41, 5.74) is 1.95. The van der Waals surface area contributed by atoms with E-state index in [1.807, 2.05) is 34.7 Å². The first-order valence-electron chi connectivity index (χ1n) is 6.36. The molecule has 0 saturated carbocycles. The molecule has 5 heteroatoms. The zero-order chi connectivity index (χ0) is 14.1. The molecular formula is C15H14N2O3. The fraction of sp³-hybridized carbons (Fsp3) is 0.200. The van der Waals surface area contributed by atoms with Crippen LogP contribution in [0.5, 0.6) is 5.75 Å². The molecule has 0 fully saturated rings. The minimum absolute atomic E-state index is 0.308. The first-order valence-corrected chi connectivity index (χ1v) is 6.36. The SMILES string of the molecule is CCOC(=O)c1cn2c(ccc3ccc(OC)cc32)n1. The van der Waals surface area contributed by atoms with E-state index in [1.54, 1.807) is 20.2 Å². The van der Waals surface area contributed by atoms with Crippen LogP contribution in [0, 0.1) is 0 Å². The van der Waals surface area contributed by atoms with E-state index in [9.17, 15) is 4.79 Å². The Morgan fingerprint density at radius 3 is 2.85 bits per heavy atom. The van der Waals surface area contributed by atoms with E-state index in [1.165, 1.54) is 0 Å². The van der Waals surface area contributed by atoms with Gasteiger partial charge < -0.3 is 9.47 Å². The van der Waals surface area contributed by atoms with Gasteiger partial charge in [0.05, 0.1) is 19.2 Å². The van der Waals surface area contributed by atoms with Crippen molar-refractivity contribution < 1.29 is 14.3 Å². The Morgan fingerprint density at radius 2 is 2.10 bits per heavy atom. The Labute approximate surface area is 115 Å². The molecule has 20 heavy (non-hydrogen) atoms. The van der Waals surface area contributed by atoms with Crippen molar-refractivity contribution in [3.05, 3.63) is 42.2 Å². The first-order chi connectivity index (χ1) is 9.72. The second kappa shape index (κ2) is 4.85. The summed E-state index contributed by atoms with van der Waals surface area (Å²) in [6.07, 6.45) is 1.69. The van der Waals surface area contributed by atoms with Crippen LogP contribution in [-0.2, 0) is 4.74 Å². The summed E-state index contributed by atoms with van der Waals surface area (Å²) in [7, 11) is 1.62. The summed E-state index contributed by atoms with van der Waals surface area (Å²) in [5.74, 6) is 0.351. The highest BCUT2D eigenvalue weighted by Gasteiger charge is 2.13. The van der Waals surface area contributed by atoms with Crippen LogP contribution >= 0.6 is 0 Å². The molecule has 0 bridgehead atoms. The maximum absolute atomic E-state index is 11.8. The molecule has 0 atom stereocenters. The van der Waals surface area contributed by atoms with Crippen molar-refractivity contribution in [3.8, 4) is 5.75 Å². The summed E-state index contributed by atoms with van der Waals surface area (Å²) in [5, 5.41) is 1.05. The van der Waals surface area contributed by atoms with Crippen molar-refractivity contribution in [3.63, 3.8) is 0 Å². The lowest BCUT2D eigenvalue weighted by atomic mass is 10.2. The predicted molar refractivity (Wildman–Crippen MR) is 75.2 cm³/mol. The number of methoxy groups -OCH3 is 1. The Kier molecular flexibility index (Phi) is 3.02. The third-order valence-electron chi connectivity index (χ3n) is 3.13. The number of carbonyl (C=O) groups is 1. The minimum Gasteiger partial charge on any atom is -0.497 e. The van der Waals surface area contributed by atoms with E-state index in [-0.39, 0.29) is 0 Å². The maximum Gasteiger partial charge on any atom is 0.358 e. The van der Waals surface area contributed by atoms with Gasteiger partial charge in [-0.25, -0.2) is 9.78 Å². The molecule has 0 saturated heterocycles. The molecule has 0 radical (unpaired) electrons. The van der Waals surface area contributed by atoms with Crippen LogP contribution in [0.2, 0.25) is 0 Å². The quantitative estimate of drug-likeness (QED) is 0.687. The molecular weight excluding hydrogens is 256 g/mol. The highest BCUT2D eigenvalue weighted by atomic mass is 16.5. The molecule has 0 aliphatic heterocycles. The van der Waals surface area contributed by atoms with E-state index in [0.29, 0.717) is 17.9 Å². The summed E-state index contributed by atoms with van der Waals surface area (Å²) >= 11 is 0. The van der Waals surface area contributed by atoms with E-state index in [0.717, 1.165) is 16.7 Å². The number of fused-ring (bicyclic) bond motifs is 3. The van der Waals surface area contributed by atoms with E-state index < -0.39 is 5.97 Å². The fourth-order valence-electron chi connectivity index (χ4n) is 2.17. The molecule has 3 aromatic rings. The topological polar surface area (TPSA) is 52.8 Å².